The molecule has 0 aliphatic heterocycles. The molecule has 0 bridgehead atoms. The zero-order chi connectivity index (χ0) is 15.9. The maximum Gasteiger partial charge on any atom is 0.339 e. The molecule has 6 heteroatoms. The highest BCUT2D eigenvalue weighted by molar-refractivity contribution is 6.31. The lowest BCUT2D eigenvalue weighted by Crippen LogP contribution is -2.17. The fourth-order valence-corrected chi connectivity index (χ4v) is 2.00. The molecule has 0 aromatic heterocycles. The monoisotopic (exact) mass is 318 g/mol. The molecule has 2 rings (SSSR count). The Bertz CT molecular complexity index is 687. The molecule has 0 unspecified atom stereocenters. The average Bonchev–Trinajstić information content (AvgIpc) is 2.53. The van der Waals surface area contributed by atoms with E-state index in [1.165, 1.54) is 7.11 Å². The Morgan fingerprint density at radius 3 is 2.64 bits per heavy atom. The van der Waals surface area contributed by atoms with Crippen molar-refractivity contribution in [1.82, 2.24) is 0 Å². The summed E-state index contributed by atoms with van der Waals surface area (Å²) in [5.74, 6) is 0.000616. The molecule has 0 radical (unpaired) electrons. The molecular formula is C16H15ClN2O3. The minimum absolute atomic E-state index is 0.0146. The van der Waals surface area contributed by atoms with E-state index in [9.17, 15) is 4.79 Å². The van der Waals surface area contributed by atoms with Crippen molar-refractivity contribution < 1.29 is 14.4 Å². The van der Waals surface area contributed by atoms with Crippen molar-refractivity contribution in [2.45, 2.75) is 6.42 Å². The molecule has 0 fully saturated rings. The summed E-state index contributed by atoms with van der Waals surface area (Å²) >= 11 is 5.91. The molecule has 0 heterocycles. The molecule has 0 atom stereocenters. The van der Waals surface area contributed by atoms with Crippen LogP contribution in [0.2, 0.25) is 5.02 Å². The molecule has 5 nitrogen and oxygen atoms in total. The molecular weight excluding hydrogens is 304 g/mol. The van der Waals surface area contributed by atoms with Gasteiger partial charge in [0.15, 0.2) is 5.84 Å². The lowest BCUT2D eigenvalue weighted by molar-refractivity contribution is -0.142. The first-order valence-corrected chi connectivity index (χ1v) is 6.89. The third kappa shape index (κ3) is 4.23. The molecule has 0 aliphatic rings. The van der Waals surface area contributed by atoms with Crippen molar-refractivity contribution in [2.24, 2.45) is 10.9 Å². The third-order valence-corrected chi connectivity index (χ3v) is 3.11. The van der Waals surface area contributed by atoms with Gasteiger partial charge in [-0.2, -0.15) is 0 Å². The largest absolute Gasteiger partial charge is 0.496 e. The smallest absolute Gasteiger partial charge is 0.339 e. The van der Waals surface area contributed by atoms with E-state index in [-0.39, 0.29) is 12.3 Å². The van der Waals surface area contributed by atoms with E-state index < -0.39 is 5.97 Å². The Morgan fingerprint density at radius 1 is 1.23 bits per heavy atom. The van der Waals surface area contributed by atoms with E-state index in [0.717, 1.165) is 5.56 Å². The van der Waals surface area contributed by atoms with Crippen LogP contribution in [-0.2, 0) is 16.1 Å². The van der Waals surface area contributed by atoms with Crippen molar-refractivity contribution in [3.05, 3.63) is 64.7 Å². The van der Waals surface area contributed by atoms with Gasteiger partial charge in [0, 0.05) is 5.02 Å². The van der Waals surface area contributed by atoms with Gasteiger partial charge in [-0.3, -0.25) is 0 Å². The number of methoxy groups -OCH3 is 1. The molecule has 0 saturated heterocycles. The van der Waals surface area contributed by atoms with Crippen LogP contribution < -0.4 is 10.5 Å². The highest BCUT2D eigenvalue weighted by atomic mass is 35.5. The van der Waals surface area contributed by atoms with Gasteiger partial charge in [0.1, 0.15) is 5.75 Å². The number of carbonyl (C=O) groups is 1. The minimum Gasteiger partial charge on any atom is -0.496 e. The second-order valence-electron chi connectivity index (χ2n) is 4.45. The lowest BCUT2D eigenvalue weighted by Gasteiger charge is -2.07. The van der Waals surface area contributed by atoms with Gasteiger partial charge in [0.25, 0.3) is 0 Å². The highest BCUT2D eigenvalue weighted by Gasteiger charge is 2.10. The number of benzene rings is 2. The summed E-state index contributed by atoms with van der Waals surface area (Å²) < 4.78 is 5.16. The zero-order valence-electron chi connectivity index (χ0n) is 12.0. The Labute approximate surface area is 133 Å². The van der Waals surface area contributed by atoms with Crippen LogP contribution in [0.15, 0.2) is 53.7 Å². The Morgan fingerprint density at radius 2 is 1.95 bits per heavy atom. The van der Waals surface area contributed by atoms with Gasteiger partial charge in [-0.05, 0) is 23.8 Å². The average molecular weight is 319 g/mol. The van der Waals surface area contributed by atoms with Crippen LogP contribution in [0.1, 0.15) is 11.1 Å². The molecule has 2 N–H and O–H groups in total. The number of nitrogens with zero attached hydrogens (tertiary/aromatic N) is 1. The zero-order valence-corrected chi connectivity index (χ0v) is 12.7. The summed E-state index contributed by atoms with van der Waals surface area (Å²) in [6.07, 6.45) is 0.115. The Balaban J connectivity index is 2.06. The number of nitrogens with two attached hydrogens (primary N) is 1. The normalized spacial score (nSPS) is 11.1. The fourth-order valence-electron chi connectivity index (χ4n) is 1.82. The van der Waals surface area contributed by atoms with E-state index >= 15 is 0 Å². The molecule has 0 spiro atoms. The van der Waals surface area contributed by atoms with Crippen molar-refractivity contribution in [2.75, 3.05) is 7.11 Å². The van der Waals surface area contributed by atoms with Crippen LogP contribution in [-0.4, -0.2) is 18.9 Å². The van der Waals surface area contributed by atoms with Gasteiger partial charge in [0.2, 0.25) is 0 Å². The summed E-state index contributed by atoms with van der Waals surface area (Å²) in [5, 5.41) is 4.12. The Hall–Kier alpha value is -2.53. The first-order valence-electron chi connectivity index (χ1n) is 6.51. The SMILES string of the molecule is COc1ccc(Cl)cc1/C(N)=N/OC(=O)Cc1ccccc1. The molecule has 114 valence electrons. The molecule has 0 amide bonds. The highest BCUT2D eigenvalue weighted by Crippen LogP contribution is 2.22. The van der Waals surface area contributed by atoms with Crippen molar-refractivity contribution >= 4 is 23.4 Å². The summed E-state index contributed by atoms with van der Waals surface area (Å²) in [6.45, 7) is 0. The molecule has 0 saturated carbocycles. The quantitative estimate of drug-likeness (QED) is 0.398. The second kappa shape index (κ2) is 7.47. The van der Waals surface area contributed by atoms with Gasteiger partial charge >= 0.3 is 5.97 Å². The lowest BCUT2D eigenvalue weighted by atomic mass is 10.2. The van der Waals surface area contributed by atoms with Gasteiger partial charge in [-0.15, -0.1) is 0 Å². The van der Waals surface area contributed by atoms with Gasteiger partial charge in [-0.25, -0.2) is 4.79 Å². The summed E-state index contributed by atoms with van der Waals surface area (Å²) in [4.78, 5) is 16.6. The van der Waals surface area contributed by atoms with Gasteiger partial charge in [-0.1, -0.05) is 47.1 Å². The fraction of sp³-hybridized carbons (Fsp3) is 0.125. The van der Waals surface area contributed by atoms with Crippen LogP contribution in [0.25, 0.3) is 0 Å². The first-order chi connectivity index (χ1) is 10.6. The number of carbonyl (C=O) groups excluding carboxylic acids is 1. The van der Waals surface area contributed by atoms with Crippen LogP contribution in [0, 0.1) is 0 Å². The van der Waals surface area contributed by atoms with Crippen molar-refractivity contribution in [1.29, 1.82) is 0 Å². The molecule has 2 aromatic carbocycles. The number of hydrogen-bond acceptors (Lipinski definition) is 4. The van der Waals surface area contributed by atoms with Crippen LogP contribution in [0.3, 0.4) is 0 Å². The van der Waals surface area contributed by atoms with Gasteiger partial charge in [0.05, 0.1) is 19.1 Å². The summed E-state index contributed by atoms with van der Waals surface area (Å²) in [7, 11) is 1.50. The number of oxime groups is 1. The molecule has 0 aliphatic carbocycles. The van der Waals surface area contributed by atoms with E-state index in [1.54, 1.807) is 18.2 Å². The summed E-state index contributed by atoms with van der Waals surface area (Å²) in [5.41, 5.74) is 7.11. The van der Waals surface area contributed by atoms with E-state index in [4.69, 9.17) is 26.9 Å². The number of halogens is 1. The second-order valence-corrected chi connectivity index (χ2v) is 4.88. The standard InChI is InChI=1S/C16H15ClN2O3/c1-21-14-8-7-12(17)10-13(14)16(18)19-22-15(20)9-11-5-3-2-4-6-11/h2-8,10H,9H2,1H3,(H2,18,19). The third-order valence-electron chi connectivity index (χ3n) is 2.87. The van der Waals surface area contributed by atoms with Gasteiger partial charge < -0.3 is 15.3 Å². The summed E-state index contributed by atoms with van der Waals surface area (Å²) in [6, 6.07) is 14.1. The minimum atomic E-state index is -0.504. The molecule has 22 heavy (non-hydrogen) atoms. The van der Waals surface area contributed by atoms with E-state index in [0.29, 0.717) is 16.3 Å². The van der Waals surface area contributed by atoms with Crippen molar-refractivity contribution in [3.8, 4) is 5.75 Å². The van der Waals surface area contributed by atoms with Crippen LogP contribution in [0.4, 0.5) is 0 Å². The number of ether oxygens (including phenoxy) is 1. The number of rotatable bonds is 5. The number of hydrogen-bond donors (Lipinski definition) is 1. The predicted octanol–water partition coefficient (Wildman–Crippen LogP) is 2.75. The van der Waals surface area contributed by atoms with E-state index in [1.807, 2.05) is 30.3 Å². The van der Waals surface area contributed by atoms with Crippen molar-refractivity contribution in [3.63, 3.8) is 0 Å². The first kappa shape index (κ1) is 15.9. The molecule has 2 aromatic rings. The maximum atomic E-state index is 11.7. The van der Waals surface area contributed by atoms with E-state index in [2.05, 4.69) is 5.16 Å². The topological polar surface area (TPSA) is 73.9 Å². The Kier molecular flexibility index (Phi) is 5.38. The maximum absolute atomic E-state index is 11.7. The van der Waals surface area contributed by atoms with Crippen LogP contribution >= 0.6 is 11.6 Å². The number of amidine groups is 1. The predicted molar refractivity (Wildman–Crippen MR) is 85.0 cm³/mol. The van der Waals surface area contributed by atoms with Crippen LogP contribution in [0.5, 0.6) is 5.75 Å².